The topological polar surface area (TPSA) is 78.9 Å². The van der Waals surface area contributed by atoms with Gasteiger partial charge in [0.15, 0.2) is 6.10 Å². The van der Waals surface area contributed by atoms with Crippen LogP contribution in [0.15, 0.2) is 72.8 Å². The van der Waals surface area contributed by atoms with Gasteiger partial charge in [0, 0.05) is 27.7 Å². The van der Waals surface area contributed by atoms with Crippen LogP contribution in [0.5, 0.6) is 0 Å². The summed E-state index contributed by atoms with van der Waals surface area (Å²) >= 11 is 12.9. The number of amides is 1. The molecule has 0 saturated carbocycles. The predicted molar refractivity (Wildman–Crippen MR) is 128 cm³/mol. The molecule has 4 rings (SSSR count). The Kier molecular flexibility index (Phi) is 7.30. The first-order valence-electron chi connectivity index (χ1n) is 10.4. The molecule has 2 atom stereocenters. The van der Waals surface area contributed by atoms with Gasteiger partial charge in [-0.05, 0) is 29.8 Å². The standard InChI is InChI=1S/C25H22Cl2N2O4/c26-17-10-11-21-19(12-17)24(18-8-4-5-9-20(18)27)33-22(13-28-14-23(30)31)25(32)29(21)15-16-6-2-1-3-7-16/h1-12,22,24,28H,13-15H2,(H,30,31). The second kappa shape index (κ2) is 10.4. The monoisotopic (exact) mass is 484 g/mol. The van der Waals surface area contributed by atoms with E-state index in [1.807, 2.05) is 48.5 Å². The lowest BCUT2D eigenvalue weighted by atomic mass is 9.99. The molecule has 0 radical (unpaired) electrons. The van der Waals surface area contributed by atoms with E-state index >= 15 is 0 Å². The van der Waals surface area contributed by atoms with E-state index in [1.54, 1.807) is 29.2 Å². The molecule has 1 aliphatic rings. The minimum atomic E-state index is -1.02. The molecule has 0 fully saturated rings. The van der Waals surface area contributed by atoms with Gasteiger partial charge in [0.05, 0.1) is 18.8 Å². The third-order valence-corrected chi connectivity index (χ3v) is 5.96. The van der Waals surface area contributed by atoms with Gasteiger partial charge >= 0.3 is 5.97 Å². The molecule has 1 aliphatic heterocycles. The van der Waals surface area contributed by atoms with E-state index in [-0.39, 0.29) is 19.0 Å². The first kappa shape index (κ1) is 23.3. The van der Waals surface area contributed by atoms with Crippen molar-refractivity contribution in [3.8, 4) is 0 Å². The second-order valence-electron chi connectivity index (χ2n) is 7.66. The van der Waals surface area contributed by atoms with Crippen molar-refractivity contribution in [1.82, 2.24) is 5.32 Å². The van der Waals surface area contributed by atoms with Crippen molar-refractivity contribution in [1.29, 1.82) is 0 Å². The highest BCUT2D eigenvalue weighted by Crippen LogP contribution is 2.41. The molecular weight excluding hydrogens is 463 g/mol. The summed E-state index contributed by atoms with van der Waals surface area (Å²) in [5.41, 5.74) is 3.01. The molecule has 6 nitrogen and oxygen atoms in total. The molecule has 3 aromatic carbocycles. The summed E-state index contributed by atoms with van der Waals surface area (Å²) in [6.45, 7) is 0.0583. The zero-order valence-electron chi connectivity index (χ0n) is 17.6. The normalized spacial score (nSPS) is 18.0. The van der Waals surface area contributed by atoms with Crippen LogP contribution in [0.2, 0.25) is 10.0 Å². The van der Waals surface area contributed by atoms with Crippen molar-refractivity contribution in [3.05, 3.63) is 99.5 Å². The summed E-state index contributed by atoms with van der Waals surface area (Å²) in [4.78, 5) is 26.4. The van der Waals surface area contributed by atoms with Crippen LogP contribution in [0.4, 0.5) is 5.69 Å². The Balaban J connectivity index is 1.81. The van der Waals surface area contributed by atoms with E-state index in [2.05, 4.69) is 5.32 Å². The Bertz CT molecular complexity index is 1160. The maximum Gasteiger partial charge on any atom is 0.317 e. The Morgan fingerprint density at radius 1 is 1.00 bits per heavy atom. The second-order valence-corrected chi connectivity index (χ2v) is 8.51. The zero-order chi connectivity index (χ0) is 23.4. The lowest BCUT2D eigenvalue weighted by Gasteiger charge is -2.25. The van der Waals surface area contributed by atoms with E-state index in [0.717, 1.165) is 5.56 Å². The number of fused-ring (bicyclic) bond motifs is 1. The number of carbonyl (C=O) groups is 2. The summed E-state index contributed by atoms with van der Waals surface area (Å²) in [5, 5.41) is 12.8. The van der Waals surface area contributed by atoms with Gasteiger partial charge in [-0.15, -0.1) is 0 Å². The maximum atomic E-state index is 13.7. The fraction of sp³-hybridized carbons (Fsp3) is 0.200. The first-order valence-corrected chi connectivity index (χ1v) is 11.2. The highest BCUT2D eigenvalue weighted by molar-refractivity contribution is 6.31. The molecule has 2 N–H and O–H groups in total. The van der Waals surface area contributed by atoms with Crippen molar-refractivity contribution >= 4 is 40.8 Å². The van der Waals surface area contributed by atoms with Gasteiger partial charge in [-0.3, -0.25) is 9.59 Å². The number of aliphatic carboxylic acids is 1. The molecule has 1 amide bonds. The predicted octanol–water partition coefficient (Wildman–Crippen LogP) is 4.69. The SMILES string of the molecule is O=C(O)CNCC1OC(c2ccccc2Cl)c2cc(Cl)ccc2N(Cc2ccccc2)C1=O. The van der Waals surface area contributed by atoms with Gasteiger partial charge in [0.25, 0.3) is 5.91 Å². The van der Waals surface area contributed by atoms with Gasteiger partial charge in [-0.25, -0.2) is 0 Å². The molecule has 2 unspecified atom stereocenters. The van der Waals surface area contributed by atoms with Crippen LogP contribution in [0.1, 0.15) is 22.8 Å². The van der Waals surface area contributed by atoms with Crippen LogP contribution in [0.3, 0.4) is 0 Å². The van der Waals surface area contributed by atoms with Crippen LogP contribution in [-0.2, 0) is 20.9 Å². The number of ether oxygens (including phenoxy) is 1. The maximum absolute atomic E-state index is 13.7. The van der Waals surface area contributed by atoms with Crippen molar-refractivity contribution in [2.24, 2.45) is 0 Å². The average Bonchev–Trinajstić information content (AvgIpc) is 2.90. The van der Waals surface area contributed by atoms with Crippen molar-refractivity contribution in [2.75, 3.05) is 18.0 Å². The van der Waals surface area contributed by atoms with E-state index in [9.17, 15) is 9.59 Å². The lowest BCUT2D eigenvalue weighted by molar-refractivity contribution is -0.137. The summed E-state index contributed by atoms with van der Waals surface area (Å²) in [6, 6.07) is 22.2. The molecule has 0 spiro atoms. The van der Waals surface area contributed by atoms with Gasteiger partial charge < -0.3 is 20.1 Å². The van der Waals surface area contributed by atoms with Crippen LogP contribution in [0.25, 0.3) is 0 Å². The molecule has 3 aromatic rings. The quantitative estimate of drug-likeness (QED) is 0.508. The van der Waals surface area contributed by atoms with Crippen molar-refractivity contribution in [3.63, 3.8) is 0 Å². The number of nitrogens with one attached hydrogen (secondary N) is 1. The van der Waals surface area contributed by atoms with Gasteiger partial charge in [-0.2, -0.15) is 0 Å². The first-order chi connectivity index (χ1) is 15.9. The Morgan fingerprint density at radius 2 is 1.73 bits per heavy atom. The Morgan fingerprint density at radius 3 is 2.45 bits per heavy atom. The number of carboxylic acid groups (broad SMARTS) is 1. The minimum absolute atomic E-state index is 0.0269. The molecular formula is C25H22Cl2N2O4. The number of rotatable bonds is 7. The van der Waals surface area contributed by atoms with E-state index < -0.39 is 18.2 Å². The molecule has 0 bridgehead atoms. The largest absolute Gasteiger partial charge is 0.480 e. The Labute approximate surface area is 201 Å². The fourth-order valence-electron chi connectivity index (χ4n) is 3.87. The van der Waals surface area contributed by atoms with Crippen LogP contribution in [0, 0.1) is 0 Å². The van der Waals surface area contributed by atoms with E-state index in [1.165, 1.54) is 0 Å². The Hall–Kier alpha value is -2.90. The summed E-state index contributed by atoms with van der Waals surface area (Å²) < 4.78 is 6.33. The van der Waals surface area contributed by atoms with Crippen LogP contribution < -0.4 is 10.2 Å². The van der Waals surface area contributed by atoms with Gasteiger partial charge in [0.1, 0.15) is 6.10 Å². The summed E-state index contributed by atoms with van der Waals surface area (Å²) in [5.74, 6) is -1.30. The molecule has 0 aromatic heterocycles. The van der Waals surface area contributed by atoms with E-state index in [0.29, 0.717) is 33.4 Å². The molecule has 1 heterocycles. The van der Waals surface area contributed by atoms with E-state index in [4.69, 9.17) is 33.0 Å². The summed E-state index contributed by atoms with van der Waals surface area (Å²) in [7, 11) is 0. The number of halogens is 2. The van der Waals surface area contributed by atoms with Crippen LogP contribution in [-0.4, -0.2) is 36.2 Å². The number of nitrogens with zero attached hydrogens (tertiary/aromatic N) is 1. The van der Waals surface area contributed by atoms with Gasteiger partial charge in [0.2, 0.25) is 0 Å². The highest BCUT2D eigenvalue weighted by Gasteiger charge is 2.37. The summed E-state index contributed by atoms with van der Waals surface area (Å²) in [6.07, 6.45) is -1.62. The molecule has 170 valence electrons. The van der Waals surface area contributed by atoms with Gasteiger partial charge in [-0.1, -0.05) is 71.7 Å². The van der Waals surface area contributed by atoms with Crippen molar-refractivity contribution < 1.29 is 19.4 Å². The van der Waals surface area contributed by atoms with Crippen LogP contribution >= 0.6 is 23.2 Å². The van der Waals surface area contributed by atoms with Crippen molar-refractivity contribution in [2.45, 2.75) is 18.8 Å². The lowest BCUT2D eigenvalue weighted by Crippen LogP contribution is -2.45. The fourth-order valence-corrected chi connectivity index (χ4v) is 4.29. The number of carbonyl (C=O) groups excluding carboxylic acids is 1. The third kappa shape index (κ3) is 5.37. The average molecular weight is 485 g/mol. The number of anilines is 1. The molecule has 0 saturated heterocycles. The number of hydrogen-bond acceptors (Lipinski definition) is 4. The third-order valence-electron chi connectivity index (χ3n) is 5.38. The molecule has 0 aliphatic carbocycles. The number of hydrogen-bond donors (Lipinski definition) is 2. The minimum Gasteiger partial charge on any atom is -0.480 e. The molecule has 8 heteroatoms. The smallest absolute Gasteiger partial charge is 0.317 e. The number of benzene rings is 3. The number of carboxylic acids is 1. The zero-order valence-corrected chi connectivity index (χ0v) is 19.1. The highest BCUT2D eigenvalue weighted by atomic mass is 35.5. The molecule has 33 heavy (non-hydrogen) atoms.